The Kier molecular flexibility index (Phi) is 3.42. The van der Waals surface area contributed by atoms with Crippen molar-refractivity contribution >= 4 is 0 Å². The van der Waals surface area contributed by atoms with Crippen molar-refractivity contribution in [3.63, 3.8) is 0 Å². The quantitative estimate of drug-likeness (QED) is 0.650. The highest BCUT2D eigenvalue weighted by Crippen LogP contribution is 2.21. The molecule has 1 saturated heterocycles. The second-order valence-electron chi connectivity index (χ2n) is 4.95. The minimum absolute atomic E-state index is 0.140. The van der Waals surface area contributed by atoms with Crippen molar-refractivity contribution in [3.05, 3.63) is 0 Å². The van der Waals surface area contributed by atoms with Gasteiger partial charge in [-0.3, -0.25) is 0 Å². The van der Waals surface area contributed by atoms with Crippen molar-refractivity contribution < 1.29 is 5.11 Å². The lowest BCUT2D eigenvalue weighted by atomic mass is 9.99. The van der Waals surface area contributed by atoms with Crippen molar-refractivity contribution in [1.82, 2.24) is 10.2 Å². The Bertz CT molecular complexity index is 164. The summed E-state index contributed by atoms with van der Waals surface area (Å²) in [6.07, 6.45) is 3.55. The van der Waals surface area contributed by atoms with Crippen LogP contribution in [0.25, 0.3) is 0 Å². The van der Waals surface area contributed by atoms with Gasteiger partial charge in [0, 0.05) is 32.2 Å². The molecule has 0 aromatic carbocycles. The van der Waals surface area contributed by atoms with E-state index in [1.165, 1.54) is 32.5 Å². The highest BCUT2D eigenvalue weighted by atomic mass is 16.3. The zero-order chi connectivity index (χ0) is 9.97. The van der Waals surface area contributed by atoms with Gasteiger partial charge in [0.2, 0.25) is 0 Å². The molecule has 0 aromatic rings. The van der Waals surface area contributed by atoms with E-state index < -0.39 is 0 Å². The summed E-state index contributed by atoms with van der Waals surface area (Å²) in [6.45, 7) is 6.60. The summed E-state index contributed by atoms with van der Waals surface area (Å²) in [7, 11) is 0. The molecule has 1 aliphatic carbocycles. The minimum Gasteiger partial charge on any atom is -0.393 e. The third-order valence-electron chi connectivity index (χ3n) is 3.17. The fourth-order valence-corrected chi connectivity index (χ4v) is 1.98. The van der Waals surface area contributed by atoms with E-state index >= 15 is 0 Å². The van der Waals surface area contributed by atoms with Gasteiger partial charge in [-0.15, -0.1) is 0 Å². The van der Waals surface area contributed by atoms with Crippen LogP contribution in [0.1, 0.15) is 26.2 Å². The average molecular weight is 198 g/mol. The van der Waals surface area contributed by atoms with Gasteiger partial charge >= 0.3 is 0 Å². The largest absolute Gasteiger partial charge is 0.393 e. The van der Waals surface area contributed by atoms with Crippen LogP contribution in [0.5, 0.6) is 0 Å². The van der Waals surface area contributed by atoms with Gasteiger partial charge in [-0.2, -0.15) is 0 Å². The number of rotatable bonds is 6. The Morgan fingerprint density at radius 2 is 2.14 bits per heavy atom. The highest BCUT2D eigenvalue weighted by molar-refractivity contribution is 4.86. The molecule has 1 aliphatic heterocycles. The molecule has 3 nitrogen and oxygen atoms in total. The third-order valence-corrected chi connectivity index (χ3v) is 3.17. The predicted octanol–water partition coefficient (Wildman–Crippen LogP) is 0.441. The molecule has 82 valence electrons. The van der Waals surface area contributed by atoms with Gasteiger partial charge in [0.05, 0.1) is 6.10 Å². The molecule has 2 fully saturated rings. The fourth-order valence-electron chi connectivity index (χ4n) is 1.98. The summed E-state index contributed by atoms with van der Waals surface area (Å²) in [5, 5.41) is 12.7. The van der Waals surface area contributed by atoms with E-state index in [0.29, 0.717) is 0 Å². The number of nitrogens with zero attached hydrogens (tertiary/aromatic N) is 1. The Morgan fingerprint density at radius 3 is 2.71 bits per heavy atom. The molecule has 2 rings (SSSR count). The highest BCUT2D eigenvalue weighted by Gasteiger charge is 2.28. The van der Waals surface area contributed by atoms with Crippen LogP contribution in [-0.4, -0.2) is 48.3 Å². The first-order chi connectivity index (χ1) is 6.74. The van der Waals surface area contributed by atoms with Gasteiger partial charge in [-0.1, -0.05) is 0 Å². The van der Waals surface area contributed by atoms with Gasteiger partial charge in [0.1, 0.15) is 0 Å². The molecule has 1 saturated carbocycles. The smallest absolute Gasteiger partial charge is 0.0524 e. The van der Waals surface area contributed by atoms with Gasteiger partial charge in [0.25, 0.3) is 0 Å². The first-order valence-electron chi connectivity index (χ1n) is 5.88. The molecular weight excluding hydrogens is 176 g/mol. The lowest BCUT2D eigenvalue weighted by molar-refractivity contribution is 0.0768. The summed E-state index contributed by atoms with van der Waals surface area (Å²) in [5.74, 6) is 0.865. The second-order valence-corrected chi connectivity index (χ2v) is 4.95. The summed E-state index contributed by atoms with van der Waals surface area (Å²) in [4.78, 5) is 2.44. The molecule has 1 atom stereocenters. The minimum atomic E-state index is -0.140. The molecule has 1 unspecified atom stereocenters. The Hall–Kier alpha value is -0.120. The van der Waals surface area contributed by atoms with Crippen molar-refractivity contribution in [1.29, 1.82) is 0 Å². The van der Waals surface area contributed by atoms with E-state index in [1.54, 1.807) is 0 Å². The molecule has 0 spiro atoms. The monoisotopic (exact) mass is 198 g/mol. The second kappa shape index (κ2) is 4.60. The molecule has 14 heavy (non-hydrogen) atoms. The standard InChI is InChI=1S/C11H22N2O/c1-9(14)4-5-13-7-10(8-13)6-12-11-2-3-11/h9-12,14H,2-8H2,1H3. The lowest BCUT2D eigenvalue weighted by Gasteiger charge is -2.39. The molecule has 3 heteroatoms. The number of likely N-dealkylation sites (tertiary alicyclic amines) is 1. The van der Waals surface area contributed by atoms with Crippen molar-refractivity contribution in [2.45, 2.75) is 38.3 Å². The van der Waals surface area contributed by atoms with E-state index in [4.69, 9.17) is 5.11 Å². The summed E-state index contributed by atoms with van der Waals surface area (Å²) in [5.41, 5.74) is 0. The summed E-state index contributed by atoms with van der Waals surface area (Å²) >= 11 is 0. The van der Waals surface area contributed by atoms with Crippen LogP contribution < -0.4 is 5.32 Å². The lowest BCUT2D eigenvalue weighted by Crippen LogP contribution is -2.51. The Balaban J connectivity index is 1.46. The van der Waals surface area contributed by atoms with Crippen LogP contribution in [0.15, 0.2) is 0 Å². The summed E-state index contributed by atoms with van der Waals surface area (Å²) < 4.78 is 0. The van der Waals surface area contributed by atoms with Crippen molar-refractivity contribution in [2.24, 2.45) is 5.92 Å². The SMILES string of the molecule is CC(O)CCN1CC(CNC2CC2)C1. The normalized spacial score (nSPS) is 26.1. The Morgan fingerprint density at radius 1 is 1.43 bits per heavy atom. The van der Waals surface area contributed by atoms with Gasteiger partial charge < -0.3 is 15.3 Å². The van der Waals surface area contributed by atoms with Crippen LogP contribution in [-0.2, 0) is 0 Å². The maximum Gasteiger partial charge on any atom is 0.0524 e. The number of aliphatic hydroxyl groups excluding tert-OH is 1. The molecule has 0 aromatic heterocycles. The maximum atomic E-state index is 9.13. The zero-order valence-corrected chi connectivity index (χ0v) is 9.08. The number of nitrogens with one attached hydrogen (secondary N) is 1. The van der Waals surface area contributed by atoms with E-state index in [2.05, 4.69) is 10.2 Å². The summed E-state index contributed by atoms with van der Waals surface area (Å²) in [6, 6.07) is 0.849. The van der Waals surface area contributed by atoms with E-state index in [9.17, 15) is 0 Å². The average Bonchev–Trinajstić information content (AvgIpc) is 2.83. The molecule has 0 amide bonds. The predicted molar refractivity (Wildman–Crippen MR) is 57.3 cm³/mol. The maximum absolute atomic E-state index is 9.13. The number of hydrogen-bond donors (Lipinski definition) is 2. The van der Waals surface area contributed by atoms with E-state index in [1.807, 2.05) is 6.92 Å². The first kappa shape index (κ1) is 10.4. The third kappa shape index (κ3) is 3.23. The van der Waals surface area contributed by atoms with E-state index in [-0.39, 0.29) is 6.10 Å². The van der Waals surface area contributed by atoms with Crippen LogP contribution in [0, 0.1) is 5.92 Å². The van der Waals surface area contributed by atoms with Crippen LogP contribution in [0.2, 0.25) is 0 Å². The first-order valence-corrected chi connectivity index (χ1v) is 5.88. The van der Waals surface area contributed by atoms with Crippen LogP contribution in [0.4, 0.5) is 0 Å². The molecule has 2 N–H and O–H groups in total. The molecule has 0 radical (unpaired) electrons. The van der Waals surface area contributed by atoms with Crippen molar-refractivity contribution in [3.8, 4) is 0 Å². The molecule has 0 bridgehead atoms. The van der Waals surface area contributed by atoms with Gasteiger partial charge in [-0.25, -0.2) is 0 Å². The van der Waals surface area contributed by atoms with Crippen LogP contribution >= 0.6 is 0 Å². The molecule has 2 aliphatic rings. The number of aliphatic hydroxyl groups is 1. The van der Waals surface area contributed by atoms with Gasteiger partial charge in [-0.05, 0) is 32.1 Å². The molecule has 1 heterocycles. The molecular formula is C11H22N2O. The van der Waals surface area contributed by atoms with Crippen molar-refractivity contribution in [2.75, 3.05) is 26.2 Å². The topological polar surface area (TPSA) is 35.5 Å². The van der Waals surface area contributed by atoms with E-state index in [0.717, 1.165) is 24.9 Å². The van der Waals surface area contributed by atoms with Crippen LogP contribution in [0.3, 0.4) is 0 Å². The van der Waals surface area contributed by atoms with Gasteiger partial charge in [0.15, 0.2) is 0 Å². The fraction of sp³-hybridized carbons (Fsp3) is 1.00. The Labute approximate surface area is 86.5 Å². The zero-order valence-electron chi connectivity index (χ0n) is 9.08. The number of hydrogen-bond acceptors (Lipinski definition) is 3.